The van der Waals surface area contributed by atoms with Crippen molar-refractivity contribution in [2.24, 2.45) is 0 Å². The number of aromatic carboxylic acids is 2. The van der Waals surface area contributed by atoms with E-state index in [1.54, 1.807) is 0 Å². The normalized spacial score (nSPS) is 9.39. The number of nitrogens with zero attached hydrogens (tertiary/aromatic N) is 1. The van der Waals surface area contributed by atoms with E-state index in [1.165, 1.54) is 18.3 Å². The number of carboxylic acid groups (broad SMARTS) is 2. The lowest BCUT2D eigenvalue weighted by atomic mass is 10.2. The first-order valence-corrected chi connectivity index (χ1v) is 5.75. The number of hydrogen-bond acceptors (Lipinski definition) is 6. The van der Waals surface area contributed by atoms with Gasteiger partial charge in [0.1, 0.15) is 11.1 Å². The second kappa shape index (κ2) is 7.31. The maximum Gasteiger partial charge on any atom is 0.341 e. The summed E-state index contributed by atoms with van der Waals surface area (Å²) in [6, 6.07) is 3.42. The van der Waals surface area contributed by atoms with Crippen molar-refractivity contribution in [3.8, 4) is 0 Å². The van der Waals surface area contributed by atoms with Crippen molar-refractivity contribution in [2.45, 2.75) is 0 Å². The van der Waals surface area contributed by atoms with Crippen LogP contribution in [0, 0.1) is 10.1 Å². The summed E-state index contributed by atoms with van der Waals surface area (Å²) in [5.74, 6) is -2.70. The minimum Gasteiger partial charge on any atom is -0.477 e. The molecule has 0 aliphatic rings. The summed E-state index contributed by atoms with van der Waals surface area (Å²) in [7, 11) is 0. The molecule has 11 nitrogen and oxygen atoms in total. The fourth-order valence-corrected chi connectivity index (χ4v) is 1.33. The fourth-order valence-electron chi connectivity index (χ4n) is 1.33. The molecule has 2 aromatic heterocycles. The molecule has 0 amide bonds. The molecular weight excluding hydrogens is 314 g/mol. The van der Waals surface area contributed by atoms with Crippen LogP contribution >= 0.6 is 0 Å². The summed E-state index contributed by atoms with van der Waals surface area (Å²) >= 11 is 0. The van der Waals surface area contributed by atoms with Crippen LogP contribution in [0.25, 0.3) is 0 Å². The fraction of sp³-hybridized carbons (Fsp3) is 0. The van der Waals surface area contributed by atoms with Gasteiger partial charge in [-0.2, -0.15) is 0 Å². The minimum absolute atomic E-state index is 0.234. The molecule has 2 heterocycles. The molecule has 11 heteroatoms. The molecular formula is C12H9N3O8. The molecule has 0 unspecified atom stereocenters. The Labute approximate surface area is 126 Å². The maximum absolute atomic E-state index is 10.8. The van der Waals surface area contributed by atoms with E-state index in [4.69, 9.17) is 10.2 Å². The van der Waals surface area contributed by atoms with Gasteiger partial charge >= 0.3 is 11.9 Å². The number of hydrogen-bond donors (Lipinski definition) is 4. The Morgan fingerprint density at radius 1 is 1.04 bits per heavy atom. The van der Waals surface area contributed by atoms with Crippen molar-refractivity contribution >= 4 is 17.6 Å². The zero-order valence-corrected chi connectivity index (χ0v) is 11.2. The summed E-state index contributed by atoms with van der Waals surface area (Å²) < 4.78 is 0. The van der Waals surface area contributed by atoms with Crippen molar-refractivity contribution < 1.29 is 24.7 Å². The zero-order valence-electron chi connectivity index (χ0n) is 11.2. The summed E-state index contributed by atoms with van der Waals surface area (Å²) in [6.45, 7) is 0. The van der Waals surface area contributed by atoms with E-state index < -0.39 is 39.2 Å². The standard InChI is InChI=1S/C6H4N2O5.C6H5NO3/c9-5-4(6(10)11)1-3(2-7-5)8(12)13;8-5-4(6(9)10)2-1-3-7-5/h1-2H,(H,7,9)(H,10,11);1-3H,(H,7,8)(H,9,10). The molecule has 0 fully saturated rings. The average Bonchev–Trinajstić information content (AvgIpc) is 2.48. The topological polar surface area (TPSA) is 183 Å². The van der Waals surface area contributed by atoms with E-state index in [-0.39, 0.29) is 5.56 Å². The van der Waals surface area contributed by atoms with Crippen LogP contribution in [0.5, 0.6) is 0 Å². The molecule has 0 radical (unpaired) electrons. The van der Waals surface area contributed by atoms with Gasteiger partial charge < -0.3 is 20.2 Å². The first-order valence-electron chi connectivity index (χ1n) is 5.75. The quantitative estimate of drug-likeness (QED) is 0.451. The molecule has 0 aliphatic heterocycles. The first kappa shape index (κ1) is 17.3. The number of aromatic nitrogens is 2. The lowest BCUT2D eigenvalue weighted by molar-refractivity contribution is -0.385. The summed E-state index contributed by atoms with van der Waals surface area (Å²) in [5, 5.41) is 27.0. The first-order chi connectivity index (χ1) is 10.7. The molecule has 0 saturated heterocycles. The largest absolute Gasteiger partial charge is 0.477 e. The smallest absolute Gasteiger partial charge is 0.341 e. The maximum atomic E-state index is 10.8. The van der Waals surface area contributed by atoms with Crippen molar-refractivity contribution in [3.63, 3.8) is 0 Å². The van der Waals surface area contributed by atoms with Gasteiger partial charge in [-0.25, -0.2) is 9.59 Å². The molecule has 0 aliphatic carbocycles. The zero-order chi connectivity index (χ0) is 17.6. The lowest BCUT2D eigenvalue weighted by Gasteiger charge is -1.92. The Morgan fingerprint density at radius 2 is 1.61 bits per heavy atom. The van der Waals surface area contributed by atoms with Gasteiger partial charge in [0.15, 0.2) is 0 Å². The summed E-state index contributed by atoms with van der Waals surface area (Å²) in [4.78, 5) is 55.5. The van der Waals surface area contributed by atoms with Gasteiger partial charge in [0, 0.05) is 12.3 Å². The number of pyridine rings is 2. The molecule has 0 spiro atoms. The van der Waals surface area contributed by atoms with Crippen LogP contribution in [0.1, 0.15) is 20.7 Å². The van der Waals surface area contributed by atoms with Crippen LogP contribution in [-0.2, 0) is 0 Å². The van der Waals surface area contributed by atoms with Crippen LogP contribution < -0.4 is 11.1 Å². The van der Waals surface area contributed by atoms with Gasteiger partial charge in [-0.15, -0.1) is 0 Å². The predicted molar refractivity (Wildman–Crippen MR) is 74.7 cm³/mol. The van der Waals surface area contributed by atoms with Crippen molar-refractivity contribution in [3.05, 3.63) is 72.5 Å². The highest BCUT2D eigenvalue weighted by molar-refractivity contribution is 5.87. The van der Waals surface area contributed by atoms with Crippen molar-refractivity contribution in [2.75, 3.05) is 0 Å². The molecule has 4 N–H and O–H groups in total. The third-order valence-corrected chi connectivity index (χ3v) is 2.38. The summed E-state index contributed by atoms with van der Waals surface area (Å²) in [5.41, 5.74) is -2.78. The van der Waals surface area contributed by atoms with Crippen molar-refractivity contribution in [1.29, 1.82) is 0 Å². The predicted octanol–water partition coefficient (Wildman–Crippen LogP) is 0.0544. The average molecular weight is 323 g/mol. The molecule has 2 aromatic rings. The van der Waals surface area contributed by atoms with Gasteiger partial charge in [0.05, 0.1) is 11.1 Å². The number of H-pyrrole nitrogens is 2. The van der Waals surface area contributed by atoms with Gasteiger partial charge in [-0.05, 0) is 12.1 Å². The number of carboxylic acids is 2. The molecule has 120 valence electrons. The Kier molecular flexibility index (Phi) is 5.49. The Bertz CT molecular complexity index is 867. The van der Waals surface area contributed by atoms with Gasteiger partial charge in [-0.1, -0.05) is 0 Å². The van der Waals surface area contributed by atoms with Crippen molar-refractivity contribution in [1.82, 2.24) is 9.97 Å². The van der Waals surface area contributed by atoms with Gasteiger partial charge in [-0.3, -0.25) is 19.7 Å². The van der Waals surface area contributed by atoms with Crippen LogP contribution in [0.15, 0.2) is 40.2 Å². The number of nitro groups is 1. The van der Waals surface area contributed by atoms with E-state index in [0.29, 0.717) is 6.07 Å². The molecule has 0 atom stereocenters. The lowest BCUT2D eigenvalue weighted by Crippen LogP contribution is -2.17. The van der Waals surface area contributed by atoms with Gasteiger partial charge in [0.25, 0.3) is 16.8 Å². The number of rotatable bonds is 3. The van der Waals surface area contributed by atoms with Crippen LogP contribution in [-0.4, -0.2) is 37.0 Å². The molecule has 2 rings (SSSR count). The van der Waals surface area contributed by atoms with E-state index in [0.717, 1.165) is 6.20 Å². The number of carbonyl (C=O) groups is 2. The van der Waals surface area contributed by atoms with E-state index in [1.807, 2.05) is 4.98 Å². The third-order valence-electron chi connectivity index (χ3n) is 2.38. The Morgan fingerprint density at radius 3 is 2.04 bits per heavy atom. The Hall–Kier alpha value is -3.76. The summed E-state index contributed by atoms with van der Waals surface area (Å²) in [6.07, 6.45) is 2.23. The second-order valence-electron chi connectivity index (χ2n) is 3.88. The molecule has 0 aromatic carbocycles. The molecule has 23 heavy (non-hydrogen) atoms. The van der Waals surface area contributed by atoms with Crippen LogP contribution in [0.2, 0.25) is 0 Å². The monoisotopic (exact) mass is 323 g/mol. The highest BCUT2D eigenvalue weighted by atomic mass is 16.6. The van der Waals surface area contributed by atoms with Crippen LogP contribution in [0.4, 0.5) is 5.69 Å². The molecule has 0 saturated carbocycles. The number of nitrogens with one attached hydrogen (secondary N) is 2. The van der Waals surface area contributed by atoms with Crippen LogP contribution in [0.3, 0.4) is 0 Å². The molecule has 0 bridgehead atoms. The van der Waals surface area contributed by atoms with Gasteiger partial charge in [0.2, 0.25) is 0 Å². The highest BCUT2D eigenvalue weighted by Crippen LogP contribution is 2.07. The van der Waals surface area contributed by atoms with E-state index in [2.05, 4.69) is 4.98 Å². The van der Waals surface area contributed by atoms with E-state index >= 15 is 0 Å². The Balaban J connectivity index is 0.000000238. The number of aromatic amines is 2. The minimum atomic E-state index is -1.50. The second-order valence-corrected chi connectivity index (χ2v) is 3.88. The van der Waals surface area contributed by atoms with E-state index in [9.17, 15) is 29.3 Å². The SMILES string of the molecule is O=C(O)c1cc([N+](=O)[O-])c[nH]c1=O.O=C(O)c1ccc[nH]c1=O. The third kappa shape index (κ3) is 4.63. The highest BCUT2D eigenvalue weighted by Gasteiger charge is 2.14.